The van der Waals surface area contributed by atoms with Crippen LogP contribution in [0.2, 0.25) is 0 Å². The maximum absolute atomic E-state index is 13.1. The number of nitrogens with zero attached hydrogens (tertiary/aromatic N) is 3. The molecule has 176 valence electrons. The highest BCUT2D eigenvalue weighted by molar-refractivity contribution is 7.91. The zero-order valence-electron chi connectivity index (χ0n) is 19.4. The minimum Gasteiger partial charge on any atom is -0.616 e. The third-order valence-corrected chi connectivity index (χ3v) is 9.28. The Morgan fingerprint density at radius 3 is 2.61 bits per heavy atom. The molecule has 6 nitrogen and oxygen atoms in total. The van der Waals surface area contributed by atoms with E-state index in [9.17, 15) is 9.35 Å². The van der Waals surface area contributed by atoms with Crippen LogP contribution < -0.4 is 9.64 Å². The lowest BCUT2D eigenvalue weighted by Gasteiger charge is -2.38. The Bertz CT molecular complexity index is 1040. The summed E-state index contributed by atoms with van der Waals surface area (Å²) in [4.78, 5) is 15.2. The second kappa shape index (κ2) is 8.66. The van der Waals surface area contributed by atoms with Crippen molar-refractivity contribution in [3.63, 3.8) is 0 Å². The van der Waals surface area contributed by atoms with Crippen molar-refractivity contribution in [3.8, 4) is 16.9 Å². The molecule has 0 N–H and O–H groups in total. The number of hydrogen-bond donors (Lipinski definition) is 0. The van der Waals surface area contributed by atoms with Gasteiger partial charge in [-0.25, -0.2) is 0 Å². The smallest absolute Gasteiger partial charge is 0.230 e. The highest BCUT2D eigenvalue weighted by Gasteiger charge is 2.39. The summed E-state index contributed by atoms with van der Waals surface area (Å²) in [7, 11) is 0. The van der Waals surface area contributed by atoms with Gasteiger partial charge in [0.15, 0.2) is 0 Å². The first-order valence-corrected chi connectivity index (χ1v) is 14.1. The minimum atomic E-state index is -0.673. The molecule has 2 aliphatic carbocycles. The topological polar surface area (TPSA) is 70.4 Å². The fourth-order valence-electron chi connectivity index (χ4n) is 5.41. The molecule has 6 rings (SSSR count). The summed E-state index contributed by atoms with van der Waals surface area (Å²) < 4.78 is 20.5. The lowest BCUT2D eigenvalue weighted by Crippen LogP contribution is -2.43. The van der Waals surface area contributed by atoms with Crippen molar-refractivity contribution >= 4 is 22.8 Å². The Kier molecular flexibility index (Phi) is 5.65. The SMILES string of the molecule is CC1CCc2c(ccc(-c3cnn(C4CC[S+]([O-])CC4)c3)c2OC2CCC2)N1C(=O)C1CC1. The number of anilines is 1. The van der Waals surface area contributed by atoms with E-state index >= 15 is 0 Å². The van der Waals surface area contributed by atoms with E-state index in [1.807, 2.05) is 6.20 Å². The quantitative estimate of drug-likeness (QED) is 0.601. The highest BCUT2D eigenvalue weighted by Crippen LogP contribution is 2.46. The Labute approximate surface area is 198 Å². The summed E-state index contributed by atoms with van der Waals surface area (Å²) in [6, 6.07) is 4.81. The Balaban J connectivity index is 1.37. The van der Waals surface area contributed by atoms with Crippen molar-refractivity contribution in [1.82, 2.24) is 9.78 Å². The van der Waals surface area contributed by atoms with Gasteiger partial charge in [-0.3, -0.25) is 9.48 Å². The van der Waals surface area contributed by atoms with Crippen molar-refractivity contribution in [2.75, 3.05) is 16.4 Å². The molecule has 2 aromatic rings. The van der Waals surface area contributed by atoms with Crippen LogP contribution in [-0.4, -0.2) is 43.9 Å². The van der Waals surface area contributed by atoms with Gasteiger partial charge in [0, 0.05) is 47.7 Å². The molecule has 2 aliphatic heterocycles. The fourth-order valence-corrected chi connectivity index (χ4v) is 6.68. The Morgan fingerprint density at radius 1 is 1.12 bits per heavy atom. The second-order valence-electron chi connectivity index (χ2n) is 10.3. The first-order valence-electron chi connectivity index (χ1n) is 12.6. The largest absolute Gasteiger partial charge is 0.616 e. The van der Waals surface area contributed by atoms with E-state index in [0.717, 1.165) is 85.4 Å². The maximum atomic E-state index is 13.1. The molecule has 1 unspecified atom stereocenters. The Morgan fingerprint density at radius 2 is 1.91 bits per heavy atom. The van der Waals surface area contributed by atoms with Crippen molar-refractivity contribution in [2.24, 2.45) is 5.92 Å². The van der Waals surface area contributed by atoms with E-state index in [-0.39, 0.29) is 24.0 Å². The molecule has 4 aliphatic rings. The summed E-state index contributed by atoms with van der Waals surface area (Å²) in [5, 5.41) is 4.69. The zero-order valence-corrected chi connectivity index (χ0v) is 20.2. The van der Waals surface area contributed by atoms with Crippen molar-refractivity contribution < 1.29 is 14.1 Å². The number of benzene rings is 1. The molecule has 0 spiro atoms. The minimum absolute atomic E-state index is 0.206. The molecular formula is C26H33N3O3S. The van der Waals surface area contributed by atoms with Crippen LogP contribution in [0.5, 0.6) is 5.75 Å². The summed E-state index contributed by atoms with van der Waals surface area (Å²) >= 11 is -0.673. The summed E-state index contributed by atoms with van der Waals surface area (Å²) in [5.74, 6) is 2.97. The molecule has 1 saturated heterocycles. The van der Waals surface area contributed by atoms with Gasteiger partial charge in [-0.2, -0.15) is 5.10 Å². The first kappa shape index (κ1) is 21.5. The number of fused-ring (bicyclic) bond motifs is 1. The van der Waals surface area contributed by atoms with E-state index in [0.29, 0.717) is 6.04 Å². The molecule has 2 saturated carbocycles. The van der Waals surface area contributed by atoms with Gasteiger partial charge in [0.05, 0.1) is 24.0 Å². The maximum Gasteiger partial charge on any atom is 0.230 e. The molecular weight excluding hydrogens is 434 g/mol. The Hall–Kier alpha value is -1.99. The molecule has 0 bridgehead atoms. The van der Waals surface area contributed by atoms with Gasteiger partial charge >= 0.3 is 0 Å². The number of ether oxygens (including phenoxy) is 1. The van der Waals surface area contributed by atoms with Crippen molar-refractivity contribution in [3.05, 3.63) is 30.1 Å². The van der Waals surface area contributed by atoms with Gasteiger partial charge in [0.2, 0.25) is 5.91 Å². The zero-order chi connectivity index (χ0) is 22.5. The first-order chi connectivity index (χ1) is 16.1. The van der Waals surface area contributed by atoms with Crippen molar-refractivity contribution in [1.29, 1.82) is 0 Å². The molecule has 33 heavy (non-hydrogen) atoms. The number of carbonyl (C=O) groups is 1. The molecule has 0 radical (unpaired) electrons. The summed E-state index contributed by atoms with van der Waals surface area (Å²) in [6.45, 7) is 2.17. The van der Waals surface area contributed by atoms with Gasteiger partial charge in [-0.1, -0.05) is 11.2 Å². The standard InChI is InChI=1S/C26H33N3O3S/c1-17-5-8-23-24(29(17)26(30)18-6-7-18)10-9-22(25(23)32-21-3-2-4-21)19-15-27-28(16-19)20-11-13-33(31)14-12-20/h9-10,15-18,20-21H,2-8,11-14H2,1H3. The summed E-state index contributed by atoms with van der Waals surface area (Å²) in [6.07, 6.45) is 13.5. The molecule has 7 heteroatoms. The van der Waals surface area contributed by atoms with Gasteiger partial charge in [0.1, 0.15) is 17.3 Å². The highest BCUT2D eigenvalue weighted by atomic mass is 32.2. The lowest BCUT2D eigenvalue weighted by molar-refractivity contribution is -0.120. The van der Waals surface area contributed by atoms with Crippen LogP contribution in [0.3, 0.4) is 0 Å². The van der Waals surface area contributed by atoms with Crippen LogP contribution in [-0.2, 0) is 22.4 Å². The number of amides is 1. The van der Waals surface area contributed by atoms with E-state index in [4.69, 9.17) is 9.84 Å². The fraction of sp³-hybridized carbons (Fsp3) is 0.615. The van der Waals surface area contributed by atoms with Crippen LogP contribution in [0.4, 0.5) is 5.69 Å². The summed E-state index contributed by atoms with van der Waals surface area (Å²) in [5.41, 5.74) is 4.38. The van der Waals surface area contributed by atoms with E-state index in [1.165, 1.54) is 12.0 Å². The van der Waals surface area contributed by atoms with E-state index in [2.05, 4.69) is 34.8 Å². The average Bonchev–Trinajstić information content (AvgIpc) is 3.53. The normalized spacial score (nSPS) is 27.7. The van der Waals surface area contributed by atoms with Crippen LogP contribution in [0, 0.1) is 5.92 Å². The van der Waals surface area contributed by atoms with Gasteiger partial charge in [-0.15, -0.1) is 0 Å². The number of hydrogen-bond acceptors (Lipinski definition) is 4. The second-order valence-corrected chi connectivity index (χ2v) is 12.0. The molecule has 1 atom stereocenters. The van der Waals surface area contributed by atoms with Crippen LogP contribution in [0.1, 0.15) is 69.9 Å². The van der Waals surface area contributed by atoms with Crippen molar-refractivity contribution in [2.45, 2.75) is 82.9 Å². The van der Waals surface area contributed by atoms with Gasteiger partial charge in [-0.05, 0) is 64.0 Å². The number of aromatic nitrogens is 2. The van der Waals surface area contributed by atoms with Crippen LogP contribution >= 0.6 is 0 Å². The molecule has 1 aromatic carbocycles. The predicted octanol–water partition coefficient (Wildman–Crippen LogP) is 4.64. The number of rotatable bonds is 5. The van der Waals surface area contributed by atoms with E-state index in [1.54, 1.807) is 0 Å². The molecule has 1 aromatic heterocycles. The third kappa shape index (κ3) is 4.08. The predicted molar refractivity (Wildman–Crippen MR) is 130 cm³/mol. The molecule has 1 amide bonds. The van der Waals surface area contributed by atoms with Crippen LogP contribution in [0.25, 0.3) is 11.1 Å². The average molecular weight is 468 g/mol. The lowest BCUT2D eigenvalue weighted by atomic mass is 9.91. The number of carbonyl (C=O) groups excluding carboxylic acids is 1. The van der Waals surface area contributed by atoms with Gasteiger partial charge < -0.3 is 14.2 Å². The van der Waals surface area contributed by atoms with E-state index < -0.39 is 11.2 Å². The third-order valence-electron chi connectivity index (χ3n) is 7.89. The van der Waals surface area contributed by atoms with Crippen LogP contribution in [0.15, 0.2) is 24.5 Å². The van der Waals surface area contributed by atoms with Gasteiger partial charge in [0.25, 0.3) is 0 Å². The monoisotopic (exact) mass is 467 g/mol. The molecule has 3 heterocycles. The molecule has 3 fully saturated rings.